The fourth-order valence-corrected chi connectivity index (χ4v) is 4.11. The number of carbonyl (C=O) groups is 1. The smallest absolute Gasteiger partial charge is 0.258 e. The van der Waals surface area contributed by atoms with Crippen LogP contribution in [0.2, 0.25) is 5.02 Å². The van der Waals surface area contributed by atoms with E-state index in [0.717, 1.165) is 32.6 Å². The molecule has 0 bridgehead atoms. The molecule has 0 spiro atoms. The Morgan fingerprint density at radius 1 is 1.17 bits per heavy atom. The summed E-state index contributed by atoms with van der Waals surface area (Å²) in [6.07, 6.45) is 0. The summed E-state index contributed by atoms with van der Waals surface area (Å²) in [4.78, 5) is 13.2. The molecule has 2 N–H and O–H groups in total. The van der Waals surface area contributed by atoms with Crippen LogP contribution in [0.5, 0.6) is 0 Å². The van der Waals surface area contributed by atoms with Crippen molar-refractivity contribution in [3.05, 3.63) is 64.4 Å². The van der Waals surface area contributed by atoms with Gasteiger partial charge >= 0.3 is 0 Å². The van der Waals surface area contributed by atoms with Crippen molar-refractivity contribution in [3.8, 4) is 10.6 Å². The number of thiocarbonyl (C=S) groups is 1. The molecule has 2 aromatic heterocycles. The minimum Gasteiger partial charge on any atom is -0.332 e. The largest absolute Gasteiger partial charge is 0.332 e. The molecule has 4 rings (SSSR count). The van der Waals surface area contributed by atoms with Crippen molar-refractivity contribution < 1.29 is 4.79 Å². The third-order valence-corrected chi connectivity index (χ3v) is 5.58. The fraction of sp³-hybridized carbons (Fsp3) is 0.105. The van der Waals surface area contributed by atoms with E-state index in [2.05, 4.69) is 25.9 Å². The van der Waals surface area contributed by atoms with E-state index in [0.29, 0.717) is 10.6 Å². The zero-order valence-corrected chi connectivity index (χ0v) is 17.8. The molecule has 7 nitrogen and oxygen atoms in total. The molecule has 29 heavy (non-hydrogen) atoms. The van der Waals surface area contributed by atoms with Gasteiger partial charge in [-0.05, 0) is 55.9 Å². The molecular formula is C19H15ClN6OS2. The van der Waals surface area contributed by atoms with Crippen LogP contribution in [0.3, 0.4) is 0 Å². The van der Waals surface area contributed by atoms with Crippen LogP contribution in [0.25, 0.3) is 15.5 Å². The van der Waals surface area contributed by atoms with Crippen LogP contribution in [0.15, 0.2) is 42.5 Å². The average Bonchev–Trinajstić information content (AvgIpc) is 3.24. The maximum Gasteiger partial charge on any atom is 0.258 e. The summed E-state index contributed by atoms with van der Waals surface area (Å²) >= 11 is 12.9. The second kappa shape index (κ2) is 7.86. The molecule has 4 aromatic rings. The molecule has 2 aromatic carbocycles. The van der Waals surface area contributed by atoms with Crippen LogP contribution in [0.1, 0.15) is 21.7 Å². The Bertz CT molecular complexity index is 1250. The molecule has 1 amide bonds. The first-order valence-corrected chi connectivity index (χ1v) is 10.2. The summed E-state index contributed by atoms with van der Waals surface area (Å²) < 4.78 is 1.70. The van der Waals surface area contributed by atoms with Gasteiger partial charge in [0.1, 0.15) is 5.01 Å². The number of benzene rings is 2. The van der Waals surface area contributed by atoms with Crippen molar-refractivity contribution in [1.82, 2.24) is 25.1 Å². The van der Waals surface area contributed by atoms with Gasteiger partial charge in [-0.2, -0.15) is 9.61 Å². The van der Waals surface area contributed by atoms with Crippen LogP contribution in [0.4, 0.5) is 5.69 Å². The van der Waals surface area contributed by atoms with Crippen LogP contribution < -0.4 is 10.6 Å². The van der Waals surface area contributed by atoms with Gasteiger partial charge in [-0.15, -0.1) is 10.2 Å². The fourth-order valence-electron chi connectivity index (χ4n) is 2.70. The number of halogens is 1. The van der Waals surface area contributed by atoms with Crippen molar-refractivity contribution in [2.24, 2.45) is 0 Å². The van der Waals surface area contributed by atoms with Crippen molar-refractivity contribution >= 4 is 56.8 Å². The standard InChI is InChI=1S/C19H15ClN6OS2/c1-10-6-7-14(15(20)8-10)16(27)22-18(28)21-13-5-3-4-12(9-13)17-25-26-11(2)23-24-19(26)29-17/h3-9H,1-2H3,(H2,21,22,27,28). The van der Waals surface area contributed by atoms with Crippen LogP contribution in [-0.4, -0.2) is 30.8 Å². The lowest BCUT2D eigenvalue weighted by molar-refractivity contribution is 0.0978. The number of rotatable bonds is 3. The molecule has 0 saturated carbocycles. The number of nitrogens with one attached hydrogen (secondary N) is 2. The van der Waals surface area contributed by atoms with E-state index in [-0.39, 0.29) is 11.0 Å². The summed E-state index contributed by atoms with van der Waals surface area (Å²) in [5, 5.41) is 19.6. The van der Waals surface area contributed by atoms with Gasteiger partial charge in [0.15, 0.2) is 10.9 Å². The van der Waals surface area contributed by atoms with E-state index < -0.39 is 0 Å². The third kappa shape index (κ3) is 4.12. The lowest BCUT2D eigenvalue weighted by Gasteiger charge is -2.11. The number of fused-ring (bicyclic) bond motifs is 1. The molecule has 0 atom stereocenters. The average molecular weight is 443 g/mol. The van der Waals surface area contributed by atoms with Gasteiger partial charge in [-0.1, -0.05) is 41.1 Å². The minimum absolute atomic E-state index is 0.178. The number of nitrogens with zero attached hydrogens (tertiary/aromatic N) is 4. The molecule has 0 unspecified atom stereocenters. The molecule has 0 aliphatic heterocycles. The number of aromatic nitrogens is 4. The first kappa shape index (κ1) is 19.4. The van der Waals surface area contributed by atoms with E-state index in [1.165, 1.54) is 11.3 Å². The van der Waals surface area contributed by atoms with Gasteiger partial charge in [0.05, 0.1) is 10.6 Å². The van der Waals surface area contributed by atoms with Crippen molar-refractivity contribution in [3.63, 3.8) is 0 Å². The highest BCUT2D eigenvalue weighted by Gasteiger charge is 2.13. The summed E-state index contributed by atoms with van der Waals surface area (Å²) in [5.41, 5.74) is 2.97. The summed E-state index contributed by atoms with van der Waals surface area (Å²) in [6, 6.07) is 12.8. The zero-order chi connectivity index (χ0) is 20.5. The number of aryl methyl sites for hydroxylation is 2. The highest BCUT2D eigenvalue weighted by atomic mass is 35.5. The first-order chi connectivity index (χ1) is 13.9. The Morgan fingerprint density at radius 2 is 2.00 bits per heavy atom. The van der Waals surface area contributed by atoms with Crippen molar-refractivity contribution in [2.45, 2.75) is 13.8 Å². The van der Waals surface area contributed by atoms with E-state index >= 15 is 0 Å². The molecule has 0 aliphatic carbocycles. The Hall–Kier alpha value is -2.88. The van der Waals surface area contributed by atoms with E-state index in [4.69, 9.17) is 23.8 Å². The Morgan fingerprint density at radius 3 is 2.76 bits per heavy atom. The Balaban J connectivity index is 1.48. The summed E-state index contributed by atoms with van der Waals surface area (Å²) in [7, 11) is 0. The summed E-state index contributed by atoms with van der Waals surface area (Å²) in [5.74, 6) is 0.364. The number of anilines is 1. The second-order valence-electron chi connectivity index (χ2n) is 6.32. The molecule has 0 saturated heterocycles. The predicted octanol–water partition coefficient (Wildman–Crippen LogP) is 4.25. The van der Waals surface area contributed by atoms with Crippen molar-refractivity contribution in [2.75, 3.05) is 5.32 Å². The quantitative estimate of drug-likeness (QED) is 0.461. The van der Waals surface area contributed by atoms with E-state index in [1.54, 1.807) is 16.6 Å². The van der Waals surface area contributed by atoms with E-state index in [9.17, 15) is 4.79 Å². The summed E-state index contributed by atoms with van der Waals surface area (Å²) in [6.45, 7) is 3.76. The minimum atomic E-state index is -0.368. The number of carbonyl (C=O) groups excluding carboxylic acids is 1. The topological polar surface area (TPSA) is 84.2 Å². The monoisotopic (exact) mass is 442 g/mol. The molecular weight excluding hydrogens is 428 g/mol. The van der Waals surface area contributed by atoms with Gasteiger partial charge in [0.25, 0.3) is 5.91 Å². The molecule has 0 fully saturated rings. The van der Waals surface area contributed by atoms with Gasteiger partial charge in [0.2, 0.25) is 4.96 Å². The molecule has 2 heterocycles. The molecule has 146 valence electrons. The first-order valence-electron chi connectivity index (χ1n) is 8.58. The maximum atomic E-state index is 12.4. The molecule has 0 aliphatic rings. The van der Waals surface area contributed by atoms with Gasteiger partial charge in [0, 0.05) is 11.3 Å². The van der Waals surface area contributed by atoms with Gasteiger partial charge < -0.3 is 5.32 Å². The molecule has 10 heteroatoms. The lowest BCUT2D eigenvalue weighted by atomic mass is 10.1. The van der Waals surface area contributed by atoms with Crippen LogP contribution >= 0.6 is 35.2 Å². The Labute approximate surface area is 180 Å². The SMILES string of the molecule is Cc1ccc(C(=O)NC(=S)Nc2cccc(-c3nn4c(C)nnc4s3)c2)c(Cl)c1. The zero-order valence-electron chi connectivity index (χ0n) is 15.4. The number of hydrogen-bond donors (Lipinski definition) is 2. The highest BCUT2D eigenvalue weighted by Crippen LogP contribution is 2.27. The predicted molar refractivity (Wildman–Crippen MR) is 119 cm³/mol. The number of amides is 1. The van der Waals surface area contributed by atoms with Gasteiger partial charge in [-0.3, -0.25) is 10.1 Å². The Kier molecular flexibility index (Phi) is 5.27. The van der Waals surface area contributed by atoms with Crippen molar-refractivity contribution in [1.29, 1.82) is 0 Å². The van der Waals surface area contributed by atoms with E-state index in [1.807, 2.05) is 44.2 Å². The second-order valence-corrected chi connectivity index (χ2v) is 8.09. The normalized spacial score (nSPS) is 10.9. The molecule has 0 radical (unpaired) electrons. The van der Waals surface area contributed by atoms with Gasteiger partial charge in [-0.25, -0.2) is 0 Å². The maximum absolute atomic E-state index is 12.4. The lowest BCUT2D eigenvalue weighted by Crippen LogP contribution is -2.34. The third-order valence-electron chi connectivity index (χ3n) is 4.11. The van der Waals surface area contributed by atoms with Crippen LogP contribution in [0, 0.1) is 13.8 Å². The highest BCUT2D eigenvalue weighted by molar-refractivity contribution is 7.80. The number of hydrogen-bond acceptors (Lipinski definition) is 6. The van der Waals surface area contributed by atoms with Crippen LogP contribution in [-0.2, 0) is 0 Å².